The van der Waals surface area contributed by atoms with Crippen LogP contribution >= 0.6 is 17.0 Å². The van der Waals surface area contributed by atoms with Crippen LogP contribution in [0.15, 0.2) is 17.1 Å². The van der Waals surface area contributed by atoms with Crippen molar-refractivity contribution < 1.29 is 0 Å². The van der Waals surface area contributed by atoms with E-state index >= 15 is 0 Å². The lowest BCUT2D eigenvalue weighted by atomic mass is 9.86. The minimum Gasteiger partial charge on any atom is -0.328 e. The van der Waals surface area contributed by atoms with Crippen LogP contribution in [0.25, 0.3) is 5.78 Å². The van der Waals surface area contributed by atoms with Crippen molar-refractivity contribution in [2.75, 3.05) is 0 Å². The van der Waals surface area contributed by atoms with Gasteiger partial charge in [0.25, 0.3) is 5.56 Å². The minimum atomic E-state index is -0.156. The Hall–Kier alpha value is -1.21. The quantitative estimate of drug-likeness (QED) is 0.821. The number of aromatic nitrogens is 4. The second kappa shape index (κ2) is 5.19. The highest BCUT2D eigenvalue weighted by Crippen LogP contribution is 2.30. The Morgan fingerprint density at radius 3 is 3.00 bits per heavy atom. The molecule has 1 saturated carbocycles. The molecule has 0 unspecified atom stereocenters. The minimum absolute atomic E-state index is 0. The van der Waals surface area contributed by atoms with Crippen LogP contribution in [0.3, 0.4) is 0 Å². The smallest absolute Gasteiger partial charge is 0.252 e. The van der Waals surface area contributed by atoms with Crippen molar-refractivity contribution in [2.45, 2.75) is 37.6 Å². The third-order valence-corrected chi connectivity index (χ3v) is 3.41. The zero-order chi connectivity index (χ0) is 11.8. The molecule has 0 bridgehead atoms. The largest absolute Gasteiger partial charge is 0.328 e. The Bertz CT molecular complexity index is 592. The van der Waals surface area contributed by atoms with Crippen LogP contribution in [-0.2, 0) is 0 Å². The van der Waals surface area contributed by atoms with Crippen molar-refractivity contribution in [1.29, 1.82) is 0 Å². The maximum atomic E-state index is 11.2. The molecule has 1 fully saturated rings. The fourth-order valence-electron chi connectivity index (χ4n) is 2.57. The van der Waals surface area contributed by atoms with Gasteiger partial charge < -0.3 is 5.73 Å². The highest BCUT2D eigenvalue weighted by atomic mass is 79.9. The number of hydrogen-bond donors (Lipinski definition) is 2. The van der Waals surface area contributed by atoms with E-state index in [1.807, 2.05) is 4.40 Å². The van der Waals surface area contributed by atoms with E-state index in [2.05, 4.69) is 15.2 Å². The Morgan fingerprint density at radius 2 is 2.22 bits per heavy atom. The number of hydrogen-bond acceptors (Lipinski definition) is 4. The zero-order valence-corrected chi connectivity index (χ0v) is 11.6. The molecular formula is C11H16BrN5O. The molecule has 1 aliphatic carbocycles. The first kappa shape index (κ1) is 13.2. The number of nitrogens with two attached hydrogens (primary N) is 1. The summed E-state index contributed by atoms with van der Waals surface area (Å²) in [4.78, 5) is 13.8. The van der Waals surface area contributed by atoms with Crippen LogP contribution in [0, 0.1) is 0 Å². The Morgan fingerprint density at radius 1 is 1.39 bits per heavy atom. The van der Waals surface area contributed by atoms with Gasteiger partial charge in [-0.25, -0.2) is 0 Å². The second-order valence-electron chi connectivity index (χ2n) is 4.68. The number of fused-ring (bicyclic) bond motifs is 1. The van der Waals surface area contributed by atoms with Gasteiger partial charge in [-0.15, -0.1) is 27.2 Å². The molecule has 2 aromatic rings. The van der Waals surface area contributed by atoms with Crippen molar-refractivity contribution in [3.8, 4) is 0 Å². The van der Waals surface area contributed by atoms with Crippen LogP contribution < -0.4 is 11.3 Å². The van der Waals surface area contributed by atoms with Crippen LogP contribution in [0.5, 0.6) is 0 Å². The molecule has 3 N–H and O–H groups in total. The van der Waals surface area contributed by atoms with Crippen LogP contribution in [0.4, 0.5) is 0 Å². The van der Waals surface area contributed by atoms with E-state index in [9.17, 15) is 4.79 Å². The fraction of sp³-hybridized carbons (Fsp3) is 0.545. The van der Waals surface area contributed by atoms with Gasteiger partial charge in [0.2, 0.25) is 5.78 Å². The van der Waals surface area contributed by atoms with Gasteiger partial charge in [-0.05, 0) is 19.3 Å². The number of nitrogens with zero attached hydrogens (tertiary/aromatic N) is 3. The number of rotatable bonds is 1. The van der Waals surface area contributed by atoms with Gasteiger partial charge in [-0.3, -0.25) is 14.2 Å². The maximum Gasteiger partial charge on any atom is 0.252 e. The summed E-state index contributed by atoms with van der Waals surface area (Å²) in [5, 5.41) is 8.18. The highest BCUT2D eigenvalue weighted by Gasteiger charge is 2.24. The summed E-state index contributed by atoms with van der Waals surface area (Å²) in [6.45, 7) is 0. The van der Waals surface area contributed by atoms with Crippen LogP contribution in [0.2, 0.25) is 0 Å². The van der Waals surface area contributed by atoms with E-state index in [1.54, 1.807) is 6.20 Å². The maximum absolute atomic E-state index is 11.2. The Balaban J connectivity index is 0.00000120. The van der Waals surface area contributed by atoms with E-state index in [0.717, 1.165) is 31.5 Å². The third-order valence-electron chi connectivity index (χ3n) is 3.41. The van der Waals surface area contributed by atoms with Gasteiger partial charge in [0.15, 0.2) is 0 Å². The van der Waals surface area contributed by atoms with Crippen LogP contribution in [0.1, 0.15) is 37.4 Å². The molecule has 2 aromatic heterocycles. The lowest BCUT2D eigenvalue weighted by Crippen LogP contribution is -2.27. The molecule has 1 aliphatic rings. The zero-order valence-electron chi connectivity index (χ0n) is 9.87. The molecule has 98 valence electrons. The molecule has 7 heteroatoms. The number of nitrogens with one attached hydrogen (secondary N) is 1. The molecular weight excluding hydrogens is 298 g/mol. The molecule has 0 aromatic carbocycles. The summed E-state index contributed by atoms with van der Waals surface area (Å²) < 4.78 is 1.85. The number of H-pyrrole nitrogens is 1. The van der Waals surface area contributed by atoms with Crippen molar-refractivity contribution >= 4 is 22.8 Å². The summed E-state index contributed by atoms with van der Waals surface area (Å²) in [6.07, 6.45) is 5.98. The van der Waals surface area contributed by atoms with Gasteiger partial charge in [-0.2, -0.15) is 0 Å². The number of aromatic amines is 1. The van der Waals surface area contributed by atoms with Crippen LogP contribution in [-0.4, -0.2) is 25.6 Å². The average Bonchev–Trinajstić information content (AvgIpc) is 2.71. The lowest BCUT2D eigenvalue weighted by Gasteiger charge is -2.25. The molecule has 0 radical (unpaired) electrons. The second-order valence-corrected chi connectivity index (χ2v) is 4.68. The first-order valence-electron chi connectivity index (χ1n) is 5.93. The summed E-state index contributed by atoms with van der Waals surface area (Å²) >= 11 is 0. The summed E-state index contributed by atoms with van der Waals surface area (Å²) in [7, 11) is 0. The van der Waals surface area contributed by atoms with E-state index in [-0.39, 0.29) is 28.6 Å². The molecule has 3 rings (SSSR count). The fourth-order valence-corrected chi connectivity index (χ4v) is 2.57. The lowest BCUT2D eigenvalue weighted by molar-refractivity contribution is 0.380. The summed E-state index contributed by atoms with van der Waals surface area (Å²) in [5.74, 6) is 1.76. The Kier molecular flexibility index (Phi) is 3.82. The van der Waals surface area contributed by atoms with Crippen molar-refractivity contribution in [2.24, 2.45) is 5.73 Å². The molecule has 0 saturated heterocycles. The molecule has 0 aliphatic heterocycles. The molecule has 6 nitrogen and oxygen atoms in total. The summed E-state index contributed by atoms with van der Waals surface area (Å²) in [5.41, 5.74) is 5.83. The Labute approximate surface area is 114 Å². The highest BCUT2D eigenvalue weighted by molar-refractivity contribution is 8.93. The van der Waals surface area contributed by atoms with E-state index in [4.69, 9.17) is 5.73 Å². The molecule has 0 amide bonds. The van der Waals surface area contributed by atoms with Gasteiger partial charge in [0.05, 0.1) is 0 Å². The van der Waals surface area contributed by atoms with Crippen molar-refractivity contribution in [3.05, 3.63) is 28.4 Å². The molecule has 2 heterocycles. The number of halogens is 1. The first-order chi connectivity index (χ1) is 8.24. The van der Waals surface area contributed by atoms with E-state index < -0.39 is 0 Å². The van der Waals surface area contributed by atoms with Crippen molar-refractivity contribution in [3.63, 3.8) is 0 Å². The average molecular weight is 314 g/mol. The normalized spacial score (nSPS) is 23.8. The van der Waals surface area contributed by atoms with E-state index in [0.29, 0.717) is 11.7 Å². The van der Waals surface area contributed by atoms with Gasteiger partial charge in [-0.1, -0.05) is 6.42 Å². The van der Waals surface area contributed by atoms with Gasteiger partial charge in [0, 0.05) is 24.2 Å². The third kappa shape index (κ3) is 2.32. The standard InChI is InChI=1S/C11H15N5O.BrH/c12-8-3-1-2-7(6-8)10-14-15-11-13-9(17)4-5-16(10)11;/h4-5,7-8H,1-3,6,12H2,(H,13,15,17);1H/t7-,8+;/m0./s1. The topological polar surface area (TPSA) is 89.1 Å². The molecule has 2 atom stereocenters. The molecule has 0 spiro atoms. The first-order valence-corrected chi connectivity index (χ1v) is 5.93. The van der Waals surface area contributed by atoms with Gasteiger partial charge in [0.1, 0.15) is 5.82 Å². The summed E-state index contributed by atoms with van der Waals surface area (Å²) in [6, 6.07) is 1.74. The van der Waals surface area contributed by atoms with Crippen molar-refractivity contribution in [1.82, 2.24) is 19.6 Å². The predicted octanol–water partition coefficient (Wildman–Crippen LogP) is 0.980. The van der Waals surface area contributed by atoms with E-state index in [1.165, 1.54) is 6.07 Å². The SMILES string of the molecule is Br.N[C@@H]1CCC[C@H](c2nnc3[nH]c(=O)ccn23)C1. The predicted molar refractivity (Wildman–Crippen MR) is 73.1 cm³/mol. The molecule has 18 heavy (non-hydrogen) atoms. The monoisotopic (exact) mass is 313 g/mol. The van der Waals surface area contributed by atoms with Gasteiger partial charge >= 0.3 is 0 Å².